The molecule has 40 valence electrons. The number of nitrogens with zero attached hydrogens (tertiary/aromatic N) is 3. The van der Waals surface area contributed by atoms with Crippen molar-refractivity contribution in [2.45, 2.75) is 0 Å². The summed E-state index contributed by atoms with van der Waals surface area (Å²) in [6.45, 7) is 0. The minimum absolute atomic E-state index is 0.852. The van der Waals surface area contributed by atoms with Gasteiger partial charge in [0.25, 0.3) is 0 Å². The summed E-state index contributed by atoms with van der Waals surface area (Å²) in [5.41, 5.74) is 0.852. The molecule has 4 nitrogen and oxygen atoms in total. The zero-order valence-corrected chi connectivity index (χ0v) is 4.07. The lowest BCUT2D eigenvalue weighted by Crippen LogP contribution is -1.77. The van der Waals surface area contributed by atoms with Gasteiger partial charge < -0.3 is 0 Å². The molecule has 0 unspecified atom stereocenters. The Morgan fingerprint density at radius 3 is 3.50 bits per heavy atom. The first-order valence-electron chi connectivity index (χ1n) is 2.29. The smallest absolute Gasteiger partial charge is 0.173 e. The second-order valence-corrected chi connectivity index (χ2v) is 1.51. The predicted molar refractivity (Wildman–Crippen MR) is 27.3 cm³/mol. The van der Waals surface area contributed by atoms with Crippen molar-refractivity contribution in [3.63, 3.8) is 0 Å². The number of hydrogen-bond donors (Lipinski definition) is 1. The second kappa shape index (κ2) is 1.09. The second-order valence-electron chi connectivity index (χ2n) is 1.51. The fraction of sp³-hybridized carbons (Fsp3) is 0. The van der Waals surface area contributed by atoms with Crippen molar-refractivity contribution in [2.24, 2.45) is 0 Å². The molecule has 2 rings (SSSR count). The molecule has 0 aliphatic carbocycles. The van der Waals surface area contributed by atoms with Crippen molar-refractivity contribution in [1.82, 2.24) is 19.8 Å². The van der Waals surface area contributed by atoms with Gasteiger partial charge in [0.05, 0.1) is 6.20 Å². The Morgan fingerprint density at radius 2 is 2.62 bits per heavy atom. The Bertz CT molecular complexity index is 229. The average Bonchev–Trinajstić information content (AvgIpc) is 2.15. The van der Waals surface area contributed by atoms with E-state index in [0.717, 1.165) is 5.65 Å². The minimum Gasteiger partial charge on any atom is -0.234 e. The van der Waals surface area contributed by atoms with Crippen molar-refractivity contribution in [1.29, 1.82) is 0 Å². The fourth-order valence-electron chi connectivity index (χ4n) is 0.644. The fourth-order valence-corrected chi connectivity index (χ4v) is 0.644. The first-order valence-corrected chi connectivity index (χ1v) is 2.29. The van der Waals surface area contributed by atoms with E-state index in [1.165, 1.54) is 0 Å². The number of aromatic amines is 1. The summed E-state index contributed by atoms with van der Waals surface area (Å²) in [6, 6.07) is 0. The quantitative estimate of drug-likeness (QED) is 0.518. The van der Waals surface area contributed by atoms with Crippen molar-refractivity contribution >= 4 is 5.65 Å². The Labute approximate surface area is 45.1 Å². The Morgan fingerprint density at radius 1 is 1.62 bits per heavy atom. The van der Waals surface area contributed by atoms with Gasteiger partial charge in [0, 0.05) is 12.4 Å². The number of imidazole rings is 1. The summed E-state index contributed by atoms with van der Waals surface area (Å²) >= 11 is 0. The summed E-state index contributed by atoms with van der Waals surface area (Å²) in [7, 11) is 0. The highest BCUT2D eigenvalue weighted by Crippen LogP contribution is 1.90. The monoisotopic (exact) mass is 108 g/mol. The zero-order chi connectivity index (χ0) is 5.40. The number of H-pyrrole nitrogens is 1. The maximum absolute atomic E-state index is 3.95. The lowest BCUT2D eigenvalue weighted by Gasteiger charge is -1.72. The molecule has 0 aliphatic rings. The third-order valence-corrected chi connectivity index (χ3v) is 1.01. The molecule has 0 amide bonds. The summed E-state index contributed by atoms with van der Waals surface area (Å²) in [4.78, 5) is 3.95. The van der Waals surface area contributed by atoms with Crippen LogP contribution in [0.25, 0.3) is 5.65 Å². The molecule has 0 aromatic carbocycles. The average molecular weight is 108 g/mol. The van der Waals surface area contributed by atoms with Crippen LogP contribution in [0, 0.1) is 0 Å². The Kier molecular flexibility index (Phi) is 0.498. The van der Waals surface area contributed by atoms with Gasteiger partial charge in [-0.05, 0) is 0 Å². The van der Waals surface area contributed by atoms with Gasteiger partial charge in [0.15, 0.2) is 5.65 Å². The van der Waals surface area contributed by atoms with E-state index in [1.807, 2.05) is 6.20 Å². The Balaban J connectivity index is 3.06. The van der Waals surface area contributed by atoms with Crippen LogP contribution >= 0.6 is 0 Å². The number of hydrogen-bond acceptors (Lipinski definition) is 2. The molecule has 0 atom stereocenters. The standard InChI is InChI=1S/C4H4N4/c1-2-8-4(5-1)3-6-7-8/h1-3,7H. The van der Waals surface area contributed by atoms with Crippen molar-refractivity contribution in [2.75, 3.05) is 0 Å². The molecule has 2 heterocycles. The Hall–Kier alpha value is -1.32. The molecule has 8 heavy (non-hydrogen) atoms. The van der Waals surface area contributed by atoms with E-state index in [2.05, 4.69) is 15.3 Å². The van der Waals surface area contributed by atoms with Crippen molar-refractivity contribution in [3.05, 3.63) is 18.6 Å². The molecule has 0 fully saturated rings. The van der Waals surface area contributed by atoms with Crippen LogP contribution in [0.1, 0.15) is 0 Å². The van der Waals surface area contributed by atoms with E-state index in [-0.39, 0.29) is 0 Å². The van der Waals surface area contributed by atoms with Gasteiger partial charge in [0.2, 0.25) is 0 Å². The van der Waals surface area contributed by atoms with E-state index in [1.54, 1.807) is 16.9 Å². The molecular weight excluding hydrogens is 104 g/mol. The highest BCUT2D eigenvalue weighted by Gasteiger charge is 1.88. The number of rotatable bonds is 0. The van der Waals surface area contributed by atoms with E-state index in [4.69, 9.17) is 0 Å². The van der Waals surface area contributed by atoms with Crippen LogP contribution in [-0.4, -0.2) is 19.8 Å². The van der Waals surface area contributed by atoms with E-state index >= 15 is 0 Å². The first kappa shape index (κ1) is 3.65. The maximum atomic E-state index is 3.95. The molecule has 0 saturated heterocycles. The van der Waals surface area contributed by atoms with Crippen LogP contribution < -0.4 is 0 Å². The predicted octanol–water partition coefficient (Wildman–Crippen LogP) is 0.0574. The van der Waals surface area contributed by atoms with Gasteiger partial charge in [-0.1, -0.05) is 0 Å². The number of aromatic nitrogens is 4. The van der Waals surface area contributed by atoms with Gasteiger partial charge in [0.1, 0.15) is 0 Å². The summed E-state index contributed by atoms with van der Waals surface area (Å²) in [5, 5.41) is 6.44. The summed E-state index contributed by atoms with van der Waals surface area (Å²) in [5.74, 6) is 0. The van der Waals surface area contributed by atoms with Crippen LogP contribution in [0.4, 0.5) is 0 Å². The topological polar surface area (TPSA) is 46.0 Å². The van der Waals surface area contributed by atoms with Gasteiger partial charge in [-0.2, -0.15) is 5.10 Å². The first-order chi connectivity index (χ1) is 3.97. The largest absolute Gasteiger partial charge is 0.234 e. The SMILES string of the molecule is c1cn2[nH]ncc2n1. The highest BCUT2D eigenvalue weighted by molar-refractivity contribution is 5.31. The van der Waals surface area contributed by atoms with Crippen LogP contribution in [0.2, 0.25) is 0 Å². The van der Waals surface area contributed by atoms with Crippen LogP contribution in [0.15, 0.2) is 18.6 Å². The summed E-state index contributed by atoms with van der Waals surface area (Å²) < 4.78 is 1.74. The van der Waals surface area contributed by atoms with Crippen molar-refractivity contribution in [3.8, 4) is 0 Å². The zero-order valence-electron chi connectivity index (χ0n) is 4.07. The molecule has 0 bridgehead atoms. The molecule has 2 aromatic rings. The minimum atomic E-state index is 0.852. The molecule has 0 aliphatic heterocycles. The van der Waals surface area contributed by atoms with E-state index < -0.39 is 0 Å². The van der Waals surface area contributed by atoms with E-state index in [9.17, 15) is 0 Å². The van der Waals surface area contributed by atoms with Gasteiger partial charge in [-0.15, -0.1) is 0 Å². The third-order valence-electron chi connectivity index (χ3n) is 1.01. The lowest BCUT2D eigenvalue weighted by molar-refractivity contribution is 0.862. The lowest BCUT2D eigenvalue weighted by atomic mass is 10.8. The molecule has 0 spiro atoms. The molecule has 2 aromatic heterocycles. The van der Waals surface area contributed by atoms with Gasteiger partial charge in [-0.25, -0.2) is 14.7 Å². The number of fused-ring (bicyclic) bond motifs is 1. The van der Waals surface area contributed by atoms with Crippen LogP contribution in [-0.2, 0) is 0 Å². The van der Waals surface area contributed by atoms with Gasteiger partial charge in [-0.3, -0.25) is 0 Å². The van der Waals surface area contributed by atoms with Crippen molar-refractivity contribution < 1.29 is 0 Å². The van der Waals surface area contributed by atoms with Crippen LogP contribution in [0.3, 0.4) is 0 Å². The van der Waals surface area contributed by atoms with E-state index in [0.29, 0.717) is 0 Å². The molecule has 0 radical (unpaired) electrons. The highest BCUT2D eigenvalue weighted by atomic mass is 15.4. The molecular formula is C4H4N4. The molecule has 1 N–H and O–H groups in total. The molecule has 4 heteroatoms. The number of nitrogens with one attached hydrogen (secondary N) is 1. The summed E-state index contributed by atoms with van der Waals surface area (Å²) in [6.07, 6.45) is 5.19. The normalized spacial score (nSPS) is 10.5. The van der Waals surface area contributed by atoms with Crippen LogP contribution in [0.5, 0.6) is 0 Å². The van der Waals surface area contributed by atoms with Gasteiger partial charge >= 0.3 is 0 Å². The maximum Gasteiger partial charge on any atom is 0.173 e. The molecule has 0 saturated carbocycles. The third kappa shape index (κ3) is 0.294.